The molecule has 16 heteroatoms. The van der Waals surface area contributed by atoms with Gasteiger partial charge < -0.3 is 4.74 Å². The number of allylic oxidation sites excluding steroid dienone is 1. The van der Waals surface area contributed by atoms with E-state index in [0.29, 0.717) is 0 Å². The molecule has 2 nitrogen and oxygen atoms in total. The molecule has 0 saturated carbocycles. The highest BCUT2D eigenvalue weighted by molar-refractivity contribution is 5.59. The average molecular weight is 422 g/mol. The first-order valence-corrected chi connectivity index (χ1v) is 5.55. The van der Waals surface area contributed by atoms with Gasteiger partial charge in [0.15, 0.2) is 12.0 Å². The molecule has 1 unspecified atom stereocenters. The maximum absolute atomic E-state index is 13.1. The number of hydrogen-bond acceptors (Lipinski definition) is 2. The molecule has 0 radical (unpaired) electrons. The molecule has 26 heavy (non-hydrogen) atoms. The Bertz CT molecular complexity index is 543. The standard InChI is InChI=1S/C10H4F14O2/c1-3(5(11,12)7(15,16)9(19,20)21)26-4(2-25)6(13,14)8(17,18)10(22,23)24/h2,4H,1H2. The average Bonchev–Trinajstić information content (AvgIpc) is 2.40. The van der Waals surface area contributed by atoms with Crippen LogP contribution in [-0.4, -0.2) is 48.4 Å². The van der Waals surface area contributed by atoms with Crippen molar-refractivity contribution in [2.75, 3.05) is 0 Å². The second-order valence-corrected chi connectivity index (χ2v) is 4.44. The highest BCUT2D eigenvalue weighted by Gasteiger charge is 2.78. The molecule has 0 amide bonds. The molecular formula is C10H4F14O2. The van der Waals surface area contributed by atoms with Crippen LogP contribution >= 0.6 is 0 Å². The summed E-state index contributed by atoms with van der Waals surface area (Å²) in [6.07, 6.45) is -20.3. The van der Waals surface area contributed by atoms with Gasteiger partial charge >= 0.3 is 36.0 Å². The molecule has 0 saturated heterocycles. The zero-order chi connectivity index (χ0) is 21.6. The van der Waals surface area contributed by atoms with Crippen LogP contribution in [0.25, 0.3) is 0 Å². The van der Waals surface area contributed by atoms with Gasteiger partial charge in [-0.15, -0.1) is 0 Å². The van der Waals surface area contributed by atoms with E-state index >= 15 is 0 Å². The molecule has 0 spiro atoms. The fraction of sp³-hybridized carbons (Fsp3) is 0.700. The highest BCUT2D eigenvalue weighted by Crippen LogP contribution is 2.52. The number of carbonyl (C=O) groups is 1. The van der Waals surface area contributed by atoms with Crippen molar-refractivity contribution in [2.45, 2.75) is 42.1 Å². The monoisotopic (exact) mass is 422 g/mol. The van der Waals surface area contributed by atoms with Crippen LogP contribution in [0.4, 0.5) is 61.5 Å². The molecule has 1 atom stereocenters. The molecular weight excluding hydrogens is 418 g/mol. The number of alkyl halides is 14. The molecule has 0 aliphatic heterocycles. The van der Waals surface area contributed by atoms with Gasteiger partial charge in [-0.25, -0.2) is 0 Å². The van der Waals surface area contributed by atoms with Gasteiger partial charge in [-0.1, -0.05) is 6.58 Å². The summed E-state index contributed by atoms with van der Waals surface area (Å²) in [7, 11) is 0. The van der Waals surface area contributed by atoms with Crippen molar-refractivity contribution in [2.24, 2.45) is 0 Å². The van der Waals surface area contributed by atoms with Gasteiger partial charge in [-0.3, -0.25) is 4.79 Å². The van der Waals surface area contributed by atoms with Gasteiger partial charge in [0.25, 0.3) is 0 Å². The maximum Gasteiger partial charge on any atom is 0.460 e. The summed E-state index contributed by atoms with van der Waals surface area (Å²) in [5, 5.41) is 0. The number of ether oxygens (including phenoxy) is 1. The van der Waals surface area contributed by atoms with Crippen molar-refractivity contribution in [3.05, 3.63) is 12.3 Å². The van der Waals surface area contributed by atoms with Gasteiger partial charge in [-0.05, 0) is 0 Å². The summed E-state index contributed by atoms with van der Waals surface area (Å²) < 4.78 is 177. The predicted octanol–water partition coefficient (Wildman–Crippen LogP) is 4.75. The minimum Gasteiger partial charge on any atom is -0.475 e. The second-order valence-electron chi connectivity index (χ2n) is 4.44. The Morgan fingerprint density at radius 2 is 1.08 bits per heavy atom. The molecule has 0 fully saturated rings. The normalized spacial score (nSPS) is 16.2. The molecule has 0 heterocycles. The van der Waals surface area contributed by atoms with Crippen molar-refractivity contribution >= 4 is 6.29 Å². The Kier molecular flexibility index (Phi) is 6.00. The Hall–Kier alpha value is -1.77. The van der Waals surface area contributed by atoms with Crippen LogP contribution in [0.1, 0.15) is 0 Å². The Labute approximate surface area is 133 Å². The fourth-order valence-corrected chi connectivity index (χ4v) is 1.14. The van der Waals surface area contributed by atoms with E-state index in [1.165, 1.54) is 0 Å². The lowest BCUT2D eigenvalue weighted by Gasteiger charge is -2.34. The van der Waals surface area contributed by atoms with Crippen LogP contribution in [0, 0.1) is 0 Å². The topological polar surface area (TPSA) is 26.3 Å². The largest absolute Gasteiger partial charge is 0.475 e. The first kappa shape index (κ1) is 24.2. The Morgan fingerprint density at radius 1 is 0.731 bits per heavy atom. The molecule has 154 valence electrons. The van der Waals surface area contributed by atoms with Gasteiger partial charge in [0.2, 0.25) is 6.10 Å². The van der Waals surface area contributed by atoms with E-state index < -0.39 is 54.2 Å². The lowest BCUT2D eigenvalue weighted by Crippen LogP contribution is -2.60. The van der Waals surface area contributed by atoms with E-state index in [2.05, 4.69) is 4.74 Å². The SMILES string of the molecule is C=C(OC(C=O)C(F)(F)C(F)(F)C(F)(F)F)C(F)(F)C(F)(F)C(F)(F)F. The first-order valence-electron chi connectivity index (χ1n) is 5.55. The summed E-state index contributed by atoms with van der Waals surface area (Å²) in [6.45, 7) is 1.68. The van der Waals surface area contributed by atoms with Crippen molar-refractivity contribution in [1.82, 2.24) is 0 Å². The summed E-state index contributed by atoms with van der Waals surface area (Å²) in [4.78, 5) is 10.2. The molecule has 0 aromatic heterocycles. The fourth-order valence-electron chi connectivity index (χ4n) is 1.14. The zero-order valence-corrected chi connectivity index (χ0v) is 11.5. The lowest BCUT2D eigenvalue weighted by molar-refractivity contribution is -0.373. The van der Waals surface area contributed by atoms with Crippen LogP contribution in [0.2, 0.25) is 0 Å². The molecule has 0 N–H and O–H groups in total. The molecule has 0 aliphatic rings. The Morgan fingerprint density at radius 3 is 1.35 bits per heavy atom. The van der Waals surface area contributed by atoms with Crippen LogP contribution in [0.3, 0.4) is 0 Å². The number of carbonyl (C=O) groups excluding carboxylic acids is 1. The third-order valence-electron chi connectivity index (χ3n) is 2.63. The van der Waals surface area contributed by atoms with Crippen molar-refractivity contribution in [1.29, 1.82) is 0 Å². The number of rotatable bonds is 7. The van der Waals surface area contributed by atoms with Crippen LogP contribution < -0.4 is 0 Å². The quantitative estimate of drug-likeness (QED) is 0.337. The molecule has 0 bridgehead atoms. The highest BCUT2D eigenvalue weighted by atomic mass is 19.4. The van der Waals surface area contributed by atoms with E-state index in [1.807, 2.05) is 0 Å². The van der Waals surface area contributed by atoms with Crippen molar-refractivity contribution in [3.8, 4) is 0 Å². The van der Waals surface area contributed by atoms with E-state index in [9.17, 15) is 66.3 Å². The van der Waals surface area contributed by atoms with Crippen LogP contribution in [0.5, 0.6) is 0 Å². The summed E-state index contributed by atoms with van der Waals surface area (Å²) in [5.41, 5.74) is 0. The van der Waals surface area contributed by atoms with Crippen LogP contribution in [0.15, 0.2) is 12.3 Å². The third-order valence-corrected chi connectivity index (χ3v) is 2.63. The Balaban J connectivity index is 5.87. The lowest BCUT2D eigenvalue weighted by atomic mass is 10.1. The smallest absolute Gasteiger partial charge is 0.460 e. The summed E-state index contributed by atoms with van der Waals surface area (Å²) >= 11 is 0. The van der Waals surface area contributed by atoms with E-state index in [0.717, 1.165) is 0 Å². The summed E-state index contributed by atoms with van der Waals surface area (Å²) in [5.74, 6) is -30.7. The van der Waals surface area contributed by atoms with Gasteiger partial charge in [0.05, 0.1) is 0 Å². The van der Waals surface area contributed by atoms with Gasteiger partial charge in [0.1, 0.15) is 0 Å². The van der Waals surface area contributed by atoms with Gasteiger partial charge in [0, 0.05) is 0 Å². The maximum atomic E-state index is 13.1. The molecule has 0 aromatic carbocycles. The zero-order valence-electron chi connectivity index (χ0n) is 11.5. The minimum atomic E-state index is -7.10. The third kappa shape index (κ3) is 3.67. The van der Waals surface area contributed by atoms with Crippen molar-refractivity contribution in [3.63, 3.8) is 0 Å². The minimum absolute atomic E-state index is 1.63. The van der Waals surface area contributed by atoms with Crippen molar-refractivity contribution < 1.29 is 71.0 Å². The number of aldehydes is 1. The molecule has 0 aromatic rings. The van der Waals surface area contributed by atoms with E-state index in [4.69, 9.17) is 0 Å². The van der Waals surface area contributed by atoms with E-state index in [-0.39, 0.29) is 0 Å². The predicted molar refractivity (Wildman–Crippen MR) is 52.0 cm³/mol. The van der Waals surface area contributed by atoms with E-state index in [1.54, 1.807) is 6.58 Å². The van der Waals surface area contributed by atoms with Gasteiger partial charge in [-0.2, -0.15) is 61.5 Å². The molecule has 0 aliphatic carbocycles. The first-order chi connectivity index (χ1) is 11.1. The number of hydrogen-bond donors (Lipinski definition) is 0. The second kappa shape index (κ2) is 6.44. The number of halogens is 14. The summed E-state index contributed by atoms with van der Waals surface area (Å²) in [6, 6.07) is 0. The molecule has 0 rings (SSSR count). The van der Waals surface area contributed by atoms with Crippen LogP contribution in [-0.2, 0) is 9.53 Å².